The third-order valence-corrected chi connectivity index (χ3v) is 6.90. The number of aryl methyl sites for hydroxylation is 2. The van der Waals surface area contributed by atoms with Crippen molar-refractivity contribution in [1.82, 2.24) is 4.72 Å². The van der Waals surface area contributed by atoms with E-state index in [-0.39, 0.29) is 18.6 Å². The number of benzene rings is 2. The van der Waals surface area contributed by atoms with Crippen molar-refractivity contribution in [2.45, 2.75) is 65.7 Å². The number of halogens is 1. The van der Waals surface area contributed by atoms with Crippen molar-refractivity contribution in [3.8, 4) is 17.2 Å². The van der Waals surface area contributed by atoms with Gasteiger partial charge in [0.1, 0.15) is 10.6 Å². The Bertz CT molecular complexity index is 1040. The van der Waals surface area contributed by atoms with Gasteiger partial charge in [-0.15, -0.1) is 4.72 Å². The number of hydrogen-bond donors (Lipinski definition) is 1. The Hall–Kier alpha value is -2.40. The van der Waals surface area contributed by atoms with E-state index in [0.717, 1.165) is 16.7 Å². The summed E-state index contributed by atoms with van der Waals surface area (Å²) in [4.78, 5) is 12.3. The first-order valence-electron chi connectivity index (χ1n) is 10.5. The third-order valence-electron chi connectivity index (χ3n) is 5.28. The molecule has 0 amide bonds. The van der Waals surface area contributed by atoms with Crippen LogP contribution in [-0.4, -0.2) is 21.9 Å². The zero-order chi connectivity index (χ0) is 24.2. The minimum absolute atomic E-state index is 0.173. The van der Waals surface area contributed by atoms with E-state index in [0.29, 0.717) is 16.7 Å². The van der Waals surface area contributed by atoms with Crippen LogP contribution in [0.1, 0.15) is 68.0 Å². The van der Waals surface area contributed by atoms with Crippen molar-refractivity contribution in [3.63, 3.8) is 0 Å². The molecule has 2 atom stereocenters. The van der Waals surface area contributed by atoms with Crippen LogP contribution >= 0.6 is 0 Å². The Labute approximate surface area is 193 Å². The van der Waals surface area contributed by atoms with Crippen molar-refractivity contribution in [2.24, 2.45) is 0 Å². The van der Waals surface area contributed by atoms with Crippen molar-refractivity contribution in [1.29, 1.82) is 5.26 Å². The van der Waals surface area contributed by atoms with E-state index in [1.54, 1.807) is 52.8 Å². The number of nitrogens with zero attached hydrogens (tertiary/aromatic N) is 1. The van der Waals surface area contributed by atoms with Crippen LogP contribution in [-0.2, 0) is 20.9 Å². The molecule has 0 bridgehead atoms. The summed E-state index contributed by atoms with van der Waals surface area (Å²) >= 11 is -1.55. The van der Waals surface area contributed by atoms with Gasteiger partial charge < -0.3 is 9.29 Å². The maximum atomic E-state index is 15.3. The summed E-state index contributed by atoms with van der Waals surface area (Å²) in [6.45, 7) is 12.8. The molecule has 32 heavy (non-hydrogen) atoms. The van der Waals surface area contributed by atoms with Crippen molar-refractivity contribution < 1.29 is 18.5 Å². The van der Waals surface area contributed by atoms with E-state index in [9.17, 15) is 14.6 Å². The molecule has 0 aliphatic rings. The van der Waals surface area contributed by atoms with Gasteiger partial charge in [-0.1, -0.05) is 6.07 Å². The molecule has 0 fully saturated rings. The van der Waals surface area contributed by atoms with Gasteiger partial charge in [0.05, 0.1) is 30.7 Å². The monoisotopic (exact) mass is 458 g/mol. The SMILES string of the molecule is CCOC(=O)C[C@H](N[S@+]([O-])C(C)(C)C)c1cc(-c2c(C#N)ccc(C)c2C)cc(C)c1F. The molecule has 1 N–H and O–H groups in total. The van der Waals surface area contributed by atoms with Crippen molar-refractivity contribution >= 4 is 17.3 Å². The fourth-order valence-electron chi connectivity index (χ4n) is 3.38. The first-order chi connectivity index (χ1) is 14.9. The zero-order valence-electron chi connectivity index (χ0n) is 19.8. The van der Waals surface area contributed by atoms with Gasteiger partial charge in [0, 0.05) is 22.5 Å². The smallest absolute Gasteiger partial charge is 0.307 e. The summed E-state index contributed by atoms with van der Waals surface area (Å²) in [6, 6.07) is 8.32. The average Bonchev–Trinajstić information content (AvgIpc) is 2.70. The molecule has 0 saturated heterocycles. The summed E-state index contributed by atoms with van der Waals surface area (Å²) in [5, 5.41) is 9.65. The Morgan fingerprint density at radius 3 is 2.47 bits per heavy atom. The number of carbonyl (C=O) groups excluding carboxylic acids is 1. The molecule has 172 valence electrons. The van der Waals surface area contributed by atoms with Gasteiger partial charge in [-0.25, -0.2) is 4.39 Å². The van der Waals surface area contributed by atoms with Crippen LogP contribution < -0.4 is 4.72 Å². The van der Waals surface area contributed by atoms with E-state index in [2.05, 4.69) is 10.8 Å². The molecular formula is C25H31FN2O3S. The van der Waals surface area contributed by atoms with Crippen molar-refractivity contribution in [3.05, 3.63) is 57.9 Å². The van der Waals surface area contributed by atoms with Crippen LogP contribution in [0.15, 0.2) is 24.3 Å². The predicted molar refractivity (Wildman–Crippen MR) is 126 cm³/mol. The number of nitriles is 1. The van der Waals surface area contributed by atoms with Crippen LogP contribution in [0.3, 0.4) is 0 Å². The molecule has 2 aromatic carbocycles. The largest absolute Gasteiger partial charge is 0.598 e. The van der Waals surface area contributed by atoms with Gasteiger partial charge in [0.15, 0.2) is 0 Å². The lowest BCUT2D eigenvalue weighted by Gasteiger charge is -2.28. The zero-order valence-corrected chi connectivity index (χ0v) is 20.6. The average molecular weight is 459 g/mol. The second kappa shape index (κ2) is 10.5. The third kappa shape index (κ3) is 5.89. The summed E-state index contributed by atoms with van der Waals surface area (Å²) in [7, 11) is 0. The highest BCUT2D eigenvalue weighted by molar-refractivity contribution is 7.90. The number of esters is 1. The minimum atomic E-state index is -1.55. The van der Waals surface area contributed by atoms with E-state index in [4.69, 9.17) is 4.74 Å². The molecule has 5 nitrogen and oxygen atoms in total. The van der Waals surface area contributed by atoms with Crippen molar-refractivity contribution in [2.75, 3.05) is 6.61 Å². The molecule has 0 aliphatic heterocycles. The highest BCUT2D eigenvalue weighted by atomic mass is 32.2. The quantitative estimate of drug-likeness (QED) is 0.447. The summed E-state index contributed by atoms with van der Waals surface area (Å²) in [5.74, 6) is -0.993. The van der Waals surface area contributed by atoms with Gasteiger partial charge in [-0.3, -0.25) is 4.79 Å². The van der Waals surface area contributed by atoms with Crippen LogP contribution in [0.4, 0.5) is 4.39 Å². The van der Waals surface area contributed by atoms with Crippen LogP contribution in [0.25, 0.3) is 11.1 Å². The lowest BCUT2D eigenvalue weighted by molar-refractivity contribution is -0.143. The minimum Gasteiger partial charge on any atom is -0.598 e. The van der Waals surface area contributed by atoms with Crippen LogP contribution in [0.2, 0.25) is 0 Å². The Balaban J connectivity index is 2.67. The van der Waals surface area contributed by atoms with Gasteiger partial charge in [-0.2, -0.15) is 5.26 Å². The fraction of sp³-hybridized carbons (Fsp3) is 0.440. The first-order valence-corrected chi connectivity index (χ1v) is 11.7. The lowest BCUT2D eigenvalue weighted by atomic mass is 9.89. The van der Waals surface area contributed by atoms with Crippen LogP contribution in [0.5, 0.6) is 0 Å². The fourth-order valence-corrected chi connectivity index (χ4v) is 4.21. The van der Waals surface area contributed by atoms with Crippen LogP contribution in [0, 0.1) is 37.9 Å². The van der Waals surface area contributed by atoms with Gasteiger partial charge in [0.2, 0.25) is 0 Å². The van der Waals surface area contributed by atoms with E-state index in [1.807, 2.05) is 19.9 Å². The highest BCUT2D eigenvalue weighted by Crippen LogP contribution is 2.35. The summed E-state index contributed by atoms with van der Waals surface area (Å²) in [6.07, 6.45) is -0.173. The maximum absolute atomic E-state index is 15.3. The van der Waals surface area contributed by atoms with Gasteiger partial charge in [0.25, 0.3) is 0 Å². The number of hydrogen-bond acceptors (Lipinski definition) is 5. The number of carbonyl (C=O) groups is 1. The predicted octanol–water partition coefficient (Wildman–Crippen LogP) is 5.34. The molecule has 0 heterocycles. The molecule has 2 aromatic rings. The van der Waals surface area contributed by atoms with E-state index < -0.39 is 33.9 Å². The summed E-state index contributed by atoms with van der Waals surface area (Å²) < 4.78 is 35.5. The van der Waals surface area contributed by atoms with E-state index >= 15 is 4.39 Å². The molecule has 7 heteroatoms. The normalized spacial score (nSPS) is 13.4. The molecular weight excluding hydrogens is 427 g/mol. The molecule has 0 radical (unpaired) electrons. The number of ether oxygens (including phenoxy) is 1. The number of nitrogens with one attached hydrogen (secondary N) is 1. The Kier molecular flexibility index (Phi) is 8.47. The topological polar surface area (TPSA) is 85.2 Å². The first kappa shape index (κ1) is 25.9. The second-order valence-electron chi connectivity index (χ2n) is 8.80. The molecule has 0 unspecified atom stereocenters. The lowest BCUT2D eigenvalue weighted by Crippen LogP contribution is -2.42. The Morgan fingerprint density at radius 1 is 1.25 bits per heavy atom. The summed E-state index contributed by atoms with van der Waals surface area (Å²) in [5.41, 5.74) is 4.41. The van der Waals surface area contributed by atoms with Gasteiger partial charge in [-0.05, 0) is 88.9 Å². The highest BCUT2D eigenvalue weighted by Gasteiger charge is 2.33. The molecule has 0 saturated carbocycles. The van der Waals surface area contributed by atoms with Gasteiger partial charge >= 0.3 is 5.97 Å². The second-order valence-corrected chi connectivity index (χ2v) is 10.8. The Morgan fingerprint density at radius 2 is 1.91 bits per heavy atom. The molecule has 0 aliphatic carbocycles. The van der Waals surface area contributed by atoms with E-state index in [1.165, 1.54) is 0 Å². The molecule has 0 aromatic heterocycles. The standard InChI is InChI=1S/C25H31FN2O3S/c1-8-31-22(29)13-21(28-32(30)25(5,6)7)20-12-19(11-16(3)24(20)26)23-17(4)15(2)9-10-18(23)14-27/h9-12,21,28H,8,13H2,1-7H3/t21-,32+/m0/s1. The molecule has 0 spiro atoms. The molecule has 2 rings (SSSR count). The maximum Gasteiger partial charge on any atom is 0.307 e. The number of rotatable bonds is 7.